The Hall–Kier alpha value is -1.15. The minimum atomic E-state index is -3.78. The summed E-state index contributed by atoms with van der Waals surface area (Å²) in [6.45, 7) is 0.303. The lowest BCUT2D eigenvalue weighted by molar-refractivity contribution is -0.125. The van der Waals surface area contributed by atoms with Crippen LogP contribution in [0, 0.1) is 0 Å². The van der Waals surface area contributed by atoms with Crippen molar-refractivity contribution >= 4 is 27.5 Å². The van der Waals surface area contributed by atoms with Crippen molar-refractivity contribution < 1.29 is 17.9 Å². The van der Waals surface area contributed by atoms with E-state index in [0.717, 1.165) is 4.31 Å². The highest BCUT2D eigenvalue weighted by atomic mass is 35.5. The van der Waals surface area contributed by atoms with E-state index in [1.807, 2.05) is 0 Å². The molecule has 0 bridgehead atoms. The van der Waals surface area contributed by atoms with Crippen LogP contribution in [0.1, 0.15) is 0 Å². The number of amides is 1. The van der Waals surface area contributed by atoms with Gasteiger partial charge in [-0.1, -0.05) is 11.6 Å². The van der Waals surface area contributed by atoms with Crippen LogP contribution in [0.4, 0.5) is 0 Å². The fourth-order valence-corrected chi connectivity index (χ4v) is 3.53. The van der Waals surface area contributed by atoms with Crippen LogP contribution in [0.3, 0.4) is 0 Å². The summed E-state index contributed by atoms with van der Waals surface area (Å²) < 4.78 is 31.0. The van der Waals surface area contributed by atoms with E-state index in [1.165, 1.54) is 24.3 Å². The number of hydrogen-bond acceptors (Lipinski definition) is 4. The first-order chi connectivity index (χ1) is 8.93. The molecule has 1 aromatic rings. The molecule has 104 valence electrons. The molecule has 0 aliphatic carbocycles. The molecule has 19 heavy (non-hydrogen) atoms. The summed E-state index contributed by atoms with van der Waals surface area (Å²) in [5, 5.41) is 0.437. The van der Waals surface area contributed by atoms with Crippen LogP contribution in [0.25, 0.3) is 0 Å². The van der Waals surface area contributed by atoms with E-state index in [-0.39, 0.29) is 24.7 Å². The average Bonchev–Trinajstić information content (AvgIpc) is 2.39. The highest BCUT2D eigenvalue weighted by molar-refractivity contribution is 7.89. The van der Waals surface area contributed by atoms with E-state index >= 15 is 0 Å². The number of rotatable bonds is 3. The van der Waals surface area contributed by atoms with E-state index in [2.05, 4.69) is 0 Å². The van der Waals surface area contributed by atoms with E-state index in [1.54, 1.807) is 0 Å². The highest BCUT2D eigenvalue weighted by Crippen LogP contribution is 2.22. The largest absolute Gasteiger partial charge is 0.378 e. The van der Waals surface area contributed by atoms with Crippen LogP contribution in [0.2, 0.25) is 5.02 Å². The number of sulfonamides is 1. The van der Waals surface area contributed by atoms with Gasteiger partial charge in [-0.2, -0.15) is 4.31 Å². The smallest absolute Gasteiger partial charge is 0.243 e. The molecule has 1 amide bonds. The molecule has 0 spiro atoms. The van der Waals surface area contributed by atoms with Crippen molar-refractivity contribution in [1.29, 1.82) is 0 Å². The number of nitrogens with zero attached hydrogens (tertiary/aromatic N) is 1. The van der Waals surface area contributed by atoms with Gasteiger partial charge in [0.25, 0.3) is 0 Å². The third-order valence-electron chi connectivity index (χ3n) is 2.83. The van der Waals surface area contributed by atoms with Gasteiger partial charge in [0.1, 0.15) is 6.04 Å². The maximum absolute atomic E-state index is 12.4. The highest BCUT2D eigenvalue weighted by Gasteiger charge is 2.37. The van der Waals surface area contributed by atoms with Crippen molar-refractivity contribution in [2.75, 3.05) is 19.8 Å². The molecule has 6 nitrogen and oxygen atoms in total. The van der Waals surface area contributed by atoms with E-state index < -0.39 is 22.0 Å². The number of primary amides is 1. The Kier molecular flexibility index (Phi) is 4.10. The Morgan fingerprint density at radius 1 is 1.37 bits per heavy atom. The minimum absolute atomic E-state index is 0.0256. The maximum atomic E-state index is 12.4. The zero-order chi connectivity index (χ0) is 14.0. The summed E-state index contributed by atoms with van der Waals surface area (Å²) >= 11 is 5.72. The number of carbonyl (C=O) groups is 1. The molecule has 1 atom stereocenters. The standard InChI is InChI=1S/C11H13ClN2O4S/c12-8-1-3-9(4-2-8)19(16,17)14-5-6-18-7-10(14)11(13)15/h1-4,10H,5-7H2,(H2,13,15)/t10-/m1/s1. The second-order valence-electron chi connectivity index (χ2n) is 4.06. The second kappa shape index (κ2) is 5.46. The van der Waals surface area contributed by atoms with Crippen LogP contribution >= 0.6 is 11.6 Å². The third-order valence-corrected chi connectivity index (χ3v) is 5.00. The van der Waals surface area contributed by atoms with Gasteiger partial charge < -0.3 is 10.5 Å². The van der Waals surface area contributed by atoms with Crippen LogP contribution < -0.4 is 5.73 Å². The van der Waals surface area contributed by atoms with Crippen molar-refractivity contribution in [3.8, 4) is 0 Å². The van der Waals surface area contributed by atoms with E-state index in [4.69, 9.17) is 22.1 Å². The zero-order valence-corrected chi connectivity index (χ0v) is 11.5. The SMILES string of the molecule is NC(=O)[C@H]1COCCN1S(=O)(=O)c1ccc(Cl)cc1. The van der Waals surface area contributed by atoms with Crippen molar-refractivity contribution in [3.05, 3.63) is 29.3 Å². The molecular weight excluding hydrogens is 292 g/mol. The summed E-state index contributed by atoms with van der Waals surface area (Å²) in [7, 11) is -3.78. The second-order valence-corrected chi connectivity index (χ2v) is 6.39. The molecule has 1 aromatic carbocycles. The van der Waals surface area contributed by atoms with Crippen molar-refractivity contribution in [3.63, 3.8) is 0 Å². The molecule has 1 heterocycles. The van der Waals surface area contributed by atoms with Gasteiger partial charge in [0.05, 0.1) is 18.1 Å². The van der Waals surface area contributed by atoms with Crippen molar-refractivity contribution in [2.45, 2.75) is 10.9 Å². The Morgan fingerprint density at radius 3 is 2.58 bits per heavy atom. The van der Waals surface area contributed by atoms with Gasteiger partial charge in [-0.25, -0.2) is 8.42 Å². The number of hydrogen-bond donors (Lipinski definition) is 1. The Balaban J connectivity index is 2.37. The van der Waals surface area contributed by atoms with Gasteiger partial charge in [-0.15, -0.1) is 0 Å². The number of halogens is 1. The molecule has 0 aromatic heterocycles. The van der Waals surface area contributed by atoms with Crippen molar-refractivity contribution in [1.82, 2.24) is 4.31 Å². The average molecular weight is 305 g/mol. The van der Waals surface area contributed by atoms with Gasteiger partial charge in [-0.05, 0) is 24.3 Å². The first-order valence-electron chi connectivity index (χ1n) is 5.57. The first-order valence-corrected chi connectivity index (χ1v) is 7.39. The quantitative estimate of drug-likeness (QED) is 0.864. The van der Waals surface area contributed by atoms with E-state index in [0.29, 0.717) is 5.02 Å². The third kappa shape index (κ3) is 2.89. The zero-order valence-electron chi connectivity index (χ0n) is 9.95. The van der Waals surface area contributed by atoms with Crippen molar-refractivity contribution in [2.24, 2.45) is 5.73 Å². The molecule has 1 saturated heterocycles. The summed E-state index contributed by atoms with van der Waals surface area (Å²) in [6.07, 6.45) is 0. The van der Waals surface area contributed by atoms with Gasteiger partial charge >= 0.3 is 0 Å². The van der Waals surface area contributed by atoms with Gasteiger partial charge in [0, 0.05) is 11.6 Å². The molecule has 1 aliphatic heterocycles. The molecular formula is C11H13ClN2O4S. The first kappa shape index (κ1) is 14.3. The lowest BCUT2D eigenvalue weighted by Crippen LogP contribution is -2.54. The number of ether oxygens (including phenoxy) is 1. The molecule has 2 rings (SSSR count). The fourth-order valence-electron chi connectivity index (χ4n) is 1.84. The summed E-state index contributed by atoms with van der Waals surface area (Å²) in [5.74, 6) is -0.725. The molecule has 0 radical (unpaired) electrons. The Bertz CT molecular complexity index is 573. The topological polar surface area (TPSA) is 89.7 Å². The number of morpholine rings is 1. The number of benzene rings is 1. The lowest BCUT2D eigenvalue weighted by Gasteiger charge is -2.32. The molecule has 2 N–H and O–H groups in total. The Morgan fingerprint density at radius 2 is 2.00 bits per heavy atom. The fraction of sp³-hybridized carbons (Fsp3) is 0.364. The molecule has 0 unspecified atom stereocenters. The summed E-state index contributed by atoms with van der Waals surface area (Å²) in [4.78, 5) is 11.4. The van der Waals surface area contributed by atoms with E-state index in [9.17, 15) is 13.2 Å². The number of nitrogens with two attached hydrogens (primary N) is 1. The minimum Gasteiger partial charge on any atom is -0.378 e. The lowest BCUT2D eigenvalue weighted by atomic mass is 10.3. The Labute approximate surface area is 116 Å². The van der Waals surface area contributed by atoms with Crippen LogP contribution in [0.5, 0.6) is 0 Å². The molecule has 8 heteroatoms. The number of carbonyl (C=O) groups excluding carboxylic acids is 1. The molecule has 1 fully saturated rings. The summed E-state index contributed by atoms with van der Waals surface area (Å²) in [5.41, 5.74) is 5.21. The van der Waals surface area contributed by atoms with Crippen LogP contribution in [-0.2, 0) is 19.6 Å². The summed E-state index contributed by atoms with van der Waals surface area (Å²) in [6, 6.07) is 4.77. The van der Waals surface area contributed by atoms with Gasteiger partial charge in [-0.3, -0.25) is 4.79 Å². The van der Waals surface area contributed by atoms with Crippen LogP contribution in [-0.4, -0.2) is 44.4 Å². The van der Waals surface area contributed by atoms with Gasteiger partial charge in [0.15, 0.2) is 0 Å². The predicted octanol–water partition coefficient (Wildman–Crippen LogP) is 0.215. The predicted molar refractivity (Wildman–Crippen MR) is 69.1 cm³/mol. The molecule has 1 aliphatic rings. The van der Waals surface area contributed by atoms with Gasteiger partial charge in [0.2, 0.25) is 15.9 Å². The molecule has 0 saturated carbocycles. The maximum Gasteiger partial charge on any atom is 0.243 e. The monoisotopic (exact) mass is 304 g/mol. The normalized spacial score (nSPS) is 21.2. The van der Waals surface area contributed by atoms with Crippen LogP contribution in [0.15, 0.2) is 29.2 Å².